The second-order valence-electron chi connectivity index (χ2n) is 7.55. The van der Waals surface area contributed by atoms with Crippen molar-refractivity contribution in [1.29, 1.82) is 0 Å². The van der Waals surface area contributed by atoms with E-state index in [0.717, 1.165) is 11.1 Å². The maximum atomic E-state index is 12.1. The molecule has 0 radical (unpaired) electrons. The molecule has 0 saturated carbocycles. The summed E-state index contributed by atoms with van der Waals surface area (Å²) in [6.45, 7) is 1.59. The van der Waals surface area contributed by atoms with Crippen molar-refractivity contribution in [2.24, 2.45) is 0 Å². The molecule has 3 aromatic carbocycles. The lowest BCUT2D eigenvalue weighted by molar-refractivity contribution is 0.0947. The summed E-state index contributed by atoms with van der Waals surface area (Å²) in [5.74, 6) is 0. The van der Waals surface area contributed by atoms with Crippen LogP contribution in [0.3, 0.4) is 0 Å². The first-order valence-corrected chi connectivity index (χ1v) is 11.7. The van der Waals surface area contributed by atoms with Gasteiger partial charge in [0.2, 0.25) is 0 Å². The molecule has 2 atom stereocenters. The molecule has 0 spiro atoms. The predicted octanol–water partition coefficient (Wildman–Crippen LogP) is 4.36. The molecular formula is C24H28NO4P. The van der Waals surface area contributed by atoms with Crippen LogP contribution in [0, 0.1) is 0 Å². The van der Waals surface area contributed by atoms with Gasteiger partial charge in [0.1, 0.15) is 0 Å². The second-order valence-corrected chi connectivity index (χ2v) is 9.35. The molecule has 0 bridgehead atoms. The normalized spacial score (nSPS) is 13.9. The Labute approximate surface area is 177 Å². The van der Waals surface area contributed by atoms with Gasteiger partial charge in [0.15, 0.2) is 0 Å². The second kappa shape index (κ2) is 10.7. The molecule has 30 heavy (non-hydrogen) atoms. The fourth-order valence-corrected chi connectivity index (χ4v) is 4.72. The highest BCUT2D eigenvalue weighted by Gasteiger charge is 2.32. The Kier molecular flexibility index (Phi) is 7.97. The van der Waals surface area contributed by atoms with E-state index >= 15 is 0 Å². The number of hydrogen-bond donors (Lipinski definition) is 3. The smallest absolute Gasteiger partial charge is 0.333 e. The number of rotatable bonds is 10. The van der Waals surface area contributed by atoms with Gasteiger partial charge in [-0.25, -0.2) is 0 Å². The summed E-state index contributed by atoms with van der Waals surface area (Å²) in [5, 5.41) is 10.8. The summed E-state index contributed by atoms with van der Waals surface area (Å²) in [7, 11) is -4.41. The van der Waals surface area contributed by atoms with Gasteiger partial charge < -0.3 is 14.9 Å². The third-order valence-electron chi connectivity index (χ3n) is 5.05. The minimum Gasteiger partial charge on any atom is -0.392 e. The molecule has 0 aliphatic rings. The Morgan fingerprint density at radius 1 is 0.733 bits per heavy atom. The highest BCUT2D eigenvalue weighted by atomic mass is 31.2. The standard InChI is InChI=1S/C24H28NO4P/c26-23(16-24(30(27,28)29)22-14-8-3-9-15-22)19-25(17-20-10-4-1-5-11-20)18-21-12-6-2-7-13-21/h1-15,23-24,26H,16-19H2,(H2,27,28,29). The quantitative estimate of drug-likeness (QED) is 0.421. The van der Waals surface area contributed by atoms with Gasteiger partial charge in [-0.3, -0.25) is 9.46 Å². The molecule has 3 rings (SSSR count). The van der Waals surface area contributed by atoms with Crippen LogP contribution in [0.4, 0.5) is 0 Å². The zero-order chi connectivity index (χ0) is 21.4. The molecule has 2 unspecified atom stereocenters. The number of hydrogen-bond acceptors (Lipinski definition) is 3. The minimum atomic E-state index is -4.41. The summed E-state index contributed by atoms with van der Waals surface area (Å²) in [6, 6.07) is 28.7. The van der Waals surface area contributed by atoms with Crippen LogP contribution in [0.15, 0.2) is 91.0 Å². The van der Waals surface area contributed by atoms with Crippen molar-refractivity contribution in [1.82, 2.24) is 4.90 Å². The number of aliphatic hydroxyl groups is 1. The van der Waals surface area contributed by atoms with Crippen molar-refractivity contribution in [3.63, 3.8) is 0 Å². The maximum Gasteiger partial charge on any atom is 0.333 e. The molecule has 6 heteroatoms. The van der Waals surface area contributed by atoms with Crippen molar-refractivity contribution in [2.45, 2.75) is 31.3 Å². The van der Waals surface area contributed by atoms with Gasteiger partial charge in [-0.15, -0.1) is 0 Å². The molecule has 0 heterocycles. The zero-order valence-electron chi connectivity index (χ0n) is 16.8. The van der Waals surface area contributed by atoms with E-state index in [1.807, 2.05) is 60.7 Å². The van der Waals surface area contributed by atoms with Gasteiger partial charge in [-0.05, 0) is 23.1 Å². The molecule has 0 aromatic heterocycles. The van der Waals surface area contributed by atoms with Gasteiger partial charge in [-0.1, -0.05) is 91.0 Å². The molecule has 3 aromatic rings. The molecule has 0 aliphatic heterocycles. The number of nitrogens with zero attached hydrogens (tertiary/aromatic N) is 1. The average molecular weight is 425 g/mol. The van der Waals surface area contributed by atoms with Crippen LogP contribution in [-0.4, -0.2) is 32.4 Å². The Bertz CT molecular complexity index is 890. The first-order valence-electron chi connectivity index (χ1n) is 10.0. The van der Waals surface area contributed by atoms with E-state index in [1.165, 1.54) is 0 Å². The number of aliphatic hydroxyl groups excluding tert-OH is 1. The lowest BCUT2D eigenvalue weighted by Crippen LogP contribution is -2.32. The van der Waals surface area contributed by atoms with Gasteiger partial charge >= 0.3 is 7.60 Å². The van der Waals surface area contributed by atoms with Crippen LogP contribution in [-0.2, 0) is 17.7 Å². The molecular weight excluding hydrogens is 397 g/mol. The van der Waals surface area contributed by atoms with E-state index in [1.54, 1.807) is 30.3 Å². The van der Waals surface area contributed by atoms with Gasteiger partial charge in [-0.2, -0.15) is 0 Å². The highest BCUT2D eigenvalue weighted by molar-refractivity contribution is 7.52. The molecule has 158 valence electrons. The largest absolute Gasteiger partial charge is 0.392 e. The van der Waals surface area contributed by atoms with Crippen molar-refractivity contribution in [2.75, 3.05) is 6.54 Å². The Balaban J connectivity index is 1.74. The third-order valence-corrected chi connectivity index (χ3v) is 6.37. The van der Waals surface area contributed by atoms with Crippen LogP contribution in [0.1, 0.15) is 28.8 Å². The first-order chi connectivity index (χ1) is 14.4. The minimum absolute atomic E-state index is 0.00558. The van der Waals surface area contributed by atoms with E-state index in [9.17, 15) is 19.5 Å². The SMILES string of the molecule is O=P(O)(O)C(CC(O)CN(Cc1ccccc1)Cc1ccccc1)c1ccccc1. The maximum absolute atomic E-state index is 12.1. The fourth-order valence-electron chi connectivity index (χ4n) is 3.64. The Hall–Kier alpha value is -2.27. The lowest BCUT2D eigenvalue weighted by atomic mass is 10.1. The summed E-state index contributed by atoms with van der Waals surface area (Å²) in [4.78, 5) is 21.8. The van der Waals surface area contributed by atoms with E-state index in [-0.39, 0.29) is 6.42 Å². The van der Waals surface area contributed by atoms with Crippen LogP contribution in [0.25, 0.3) is 0 Å². The van der Waals surface area contributed by atoms with Crippen LogP contribution >= 0.6 is 7.60 Å². The van der Waals surface area contributed by atoms with Crippen molar-refractivity contribution < 1.29 is 19.5 Å². The summed E-state index contributed by atoms with van der Waals surface area (Å²) < 4.78 is 12.1. The van der Waals surface area contributed by atoms with Crippen molar-refractivity contribution >= 4 is 7.60 Å². The van der Waals surface area contributed by atoms with E-state index < -0.39 is 19.4 Å². The van der Waals surface area contributed by atoms with Crippen molar-refractivity contribution in [3.05, 3.63) is 108 Å². The van der Waals surface area contributed by atoms with Crippen LogP contribution in [0.2, 0.25) is 0 Å². The summed E-state index contributed by atoms with van der Waals surface area (Å²) in [5.41, 5.74) is 1.76. The number of benzene rings is 3. The average Bonchev–Trinajstić information content (AvgIpc) is 2.73. The summed E-state index contributed by atoms with van der Waals surface area (Å²) >= 11 is 0. The summed E-state index contributed by atoms with van der Waals surface area (Å²) in [6.07, 6.45) is -0.885. The van der Waals surface area contributed by atoms with Gasteiger partial charge in [0.05, 0.1) is 11.8 Å². The van der Waals surface area contributed by atoms with Crippen molar-refractivity contribution in [3.8, 4) is 0 Å². The van der Waals surface area contributed by atoms with E-state index in [4.69, 9.17) is 0 Å². The molecule has 3 N–H and O–H groups in total. The molecule has 5 nitrogen and oxygen atoms in total. The van der Waals surface area contributed by atoms with Gasteiger partial charge in [0.25, 0.3) is 0 Å². The fraction of sp³-hybridized carbons (Fsp3) is 0.250. The van der Waals surface area contributed by atoms with E-state index in [2.05, 4.69) is 4.90 Å². The Morgan fingerprint density at radius 3 is 1.60 bits per heavy atom. The molecule has 0 saturated heterocycles. The van der Waals surface area contributed by atoms with Crippen LogP contribution in [0.5, 0.6) is 0 Å². The molecule has 0 aliphatic carbocycles. The van der Waals surface area contributed by atoms with Gasteiger partial charge in [0, 0.05) is 19.6 Å². The molecule has 0 amide bonds. The zero-order valence-corrected chi connectivity index (χ0v) is 17.7. The predicted molar refractivity (Wildman–Crippen MR) is 119 cm³/mol. The van der Waals surface area contributed by atoms with E-state index in [0.29, 0.717) is 25.2 Å². The molecule has 0 fully saturated rings. The highest BCUT2D eigenvalue weighted by Crippen LogP contribution is 2.54. The first kappa shape index (κ1) is 22.4. The van der Waals surface area contributed by atoms with Crippen LogP contribution < -0.4 is 0 Å². The lowest BCUT2D eigenvalue weighted by Gasteiger charge is -2.28. The Morgan fingerprint density at radius 2 is 1.17 bits per heavy atom. The third kappa shape index (κ3) is 6.91. The topological polar surface area (TPSA) is 81.0 Å². The monoisotopic (exact) mass is 425 g/mol.